The van der Waals surface area contributed by atoms with Crippen molar-refractivity contribution < 1.29 is 14.7 Å². The molecule has 0 saturated heterocycles. The first-order chi connectivity index (χ1) is 21.9. The second-order valence-corrected chi connectivity index (χ2v) is 13.8. The second kappa shape index (κ2) is 14.1. The fourth-order valence-corrected chi connectivity index (χ4v) is 6.55. The van der Waals surface area contributed by atoms with Crippen LogP contribution in [-0.2, 0) is 24.1 Å². The number of benzene rings is 4. The van der Waals surface area contributed by atoms with Crippen LogP contribution in [0.5, 0.6) is 0 Å². The maximum atomic E-state index is 14.2. The second-order valence-electron chi connectivity index (χ2n) is 13.3. The molecule has 0 amide bonds. The number of carboxylic acids is 1. The van der Waals surface area contributed by atoms with Crippen molar-refractivity contribution in [2.24, 2.45) is 11.8 Å². The third-order valence-electron chi connectivity index (χ3n) is 8.71. The van der Waals surface area contributed by atoms with Crippen molar-refractivity contribution in [3.05, 3.63) is 124 Å². The highest BCUT2D eigenvalue weighted by Crippen LogP contribution is 2.42. The molecule has 0 radical (unpaired) electrons. The predicted octanol–water partition coefficient (Wildman–Crippen LogP) is 10.4. The summed E-state index contributed by atoms with van der Waals surface area (Å²) in [5.41, 5.74) is 8.03. The number of quaternary nitrogens is 1. The van der Waals surface area contributed by atoms with E-state index in [1.165, 1.54) is 11.1 Å². The van der Waals surface area contributed by atoms with Gasteiger partial charge in [0.1, 0.15) is 17.1 Å². The molecule has 6 heteroatoms. The van der Waals surface area contributed by atoms with Crippen LogP contribution in [0.25, 0.3) is 10.9 Å². The Labute approximate surface area is 277 Å². The Morgan fingerprint density at radius 3 is 1.91 bits per heavy atom. The van der Waals surface area contributed by atoms with E-state index in [4.69, 9.17) is 16.7 Å². The standard InChI is InChI=1S/C40H43ClN2O3/c1-27(2)22-29-12-17-34(18-13-29)43(5,35-19-14-30(15-20-35)23-28(3)4)36-10-6-8-31(24-36)40(46)42-26-32(9-7-11-39(44)45)37-25-33(41)16-21-38(37)42/h6,8,10,12-21,24-28H,7,9,11,22-23H2,1-5H3/p+1. The van der Waals surface area contributed by atoms with Crippen LogP contribution >= 0.6 is 11.6 Å². The average Bonchev–Trinajstić information content (AvgIpc) is 3.37. The lowest BCUT2D eigenvalue weighted by molar-refractivity contribution is -0.137. The number of hydrogen-bond acceptors (Lipinski definition) is 2. The first kappa shape index (κ1) is 33.2. The van der Waals surface area contributed by atoms with E-state index < -0.39 is 5.97 Å². The highest BCUT2D eigenvalue weighted by Gasteiger charge is 2.32. The number of nitrogens with zero attached hydrogens (tertiary/aromatic N) is 2. The number of rotatable bonds is 12. The van der Waals surface area contributed by atoms with Gasteiger partial charge >= 0.3 is 5.97 Å². The number of halogens is 1. The predicted molar refractivity (Wildman–Crippen MR) is 191 cm³/mol. The van der Waals surface area contributed by atoms with Gasteiger partial charge in [0, 0.05) is 65.0 Å². The fourth-order valence-electron chi connectivity index (χ4n) is 6.37. The van der Waals surface area contributed by atoms with Crippen molar-refractivity contribution >= 4 is 51.4 Å². The highest BCUT2D eigenvalue weighted by atomic mass is 35.5. The molecule has 0 spiro atoms. The van der Waals surface area contributed by atoms with E-state index in [2.05, 4.69) is 89.3 Å². The monoisotopic (exact) mass is 635 g/mol. The third-order valence-corrected chi connectivity index (χ3v) is 8.94. The van der Waals surface area contributed by atoms with Crippen LogP contribution in [0.1, 0.15) is 67.6 Å². The number of aromatic nitrogens is 1. The number of aryl methyl sites for hydroxylation is 1. The molecule has 5 nitrogen and oxygen atoms in total. The summed E-state index contributed by atoms with van der Waals surface area (Å²) in [6.07, 6.45) is 4.96. The van der Waals surface area contributed by atoms with Gasteiger partial charge in [-0.2, -0.15) is 0 Å². The van der Waals surface area contributed by atoms with Gasteiger partial charge in [0.05, 0.1) is 12.6 Å². The summed E-state index contributed by atoms with van der Waals surface area (Å²) in [5, 5.41) is 10.6. The summed E-state index contributed by atoms with van der Waals surface area (Å²) < 4.78 is 2.07. The minimum atomic E-state index is -0.833. The Kier molecular flexibility index (Phi) is 10.1. The zero-order valence-electron chi connectivity index (χ0n) is 27.5. The summed E-state index contributed by atoms with van der Waals surface area (Å²) in [5.74, 6) is 0.160. The first-order valence-corrected chi connectivity index (χ1v) is 16.6. The van der Waals surface area contributed by atoms with E-state index in [9.17, 15) is 9.59 Å². The smallest absolute Gasteiger partial charge is 0.303 e. The van der Waals surface area contributed by atoms with Crippen LogP contribution < -0.4 is 4.48 Å². The van der Waals surface area contributed by atoms with Crippen molar-refractivity contribution in [2.75, 3.05) is 7.05 Å². The first-order valence-electron chi connectivity index (χ1n) is 16.2. The summed E-state index contributed by atoms with van der Waals surface area (Å²) in [7, 11) is 2.19. The zero-order chi connectivity index (χ0) is 33.0. The number of carbonyl (C=O) groups excluding carboxylic acids is 1. The summed E-state index contributed by atoms with van der Waals surface area (Å²) in [4.78, 5) is 25.4. The van der Waals surface area contributed by atoms with Crippen LogP contribution in [0.15, 0.2) is 97.2 Å². The number of aliphatic carboxylic acids is 1. The van der Waals surface area contributed by atoms with Crippen LogP contribution in [0, 0.1) is 11.8 Å². The molecule has 238 valence electrons. The Balaban J connectivity index is 1.58. The average molecular weight is 636 g/mol. The Hall–Kier alpha value is -4.19. The van der Waals surface area contributed by atoms with E-state index >= 15 is 0 Å². The minimum absolute atomic E-state index is 0.0661. The molecule has 0 aliphatic rings. The van der Waals surface area contributed by atoms with E-state index in [0.29, 0.717) is 39.7 Å². The Bertz CT molecular complexity index is 1780. The van der Waals surface area contributed by atoms with Crippen LogP contribution in [-0.4, -0.2) is 28.6 Å². The van der Waals surface area contributed by atoms with Crippen molar-refractivity contribution in [3.8, 4) is 0 Å². The molecule has 0 aliphatic carbocycles. The van der Waals surface area contributed by atoms with Gasteiger partial charge in [0.2, 0.25) is 0 Å². The molecule has 0 atom stereocenters. The molecule has 0 unspecified atom stereocenters. The van der Waals surface area contributed by atoms with E-state index in [1.807, 2.05) is 36.5 Å². The lowest BCUT2D eigenvalue weighted by atomic mass is 10.0. The molecule has 5 rings (SSSR count). The number of carbonyl (C=O) groups is 2. The topological polar surface area (TPSA) is 59.3 Å². The van der Waals surface area contributed by atoms with Crippen molar-refractivity contribution in [3.63, 3.8) is 0 Å². The van der Waals surface area contributed by atoms with Gasteiger partial charge in [0.25, 0.3) is 5.91 Å². The van der Waals surface area contributed by atoms with Crippen LogP contribution in [0.4, 0.5) is 17.1 Å². The Morgan fingerprint density at radius 2 is 1.37 bits per heavy atom. The Morgan fingerprint density at radius 1 is 0.783 bits per heavy atom. The van der Waals surface area contributed by atoms with Gasteiger partial charge < -0.3 is 5.11 Å². The molecule has 46 heavy (non-hydrogen) atoms. The maximum Gasteiger partial charge on any atom is 0.303 e. The normalized spacial score (nSPS) is 11.9. The molecular formula is C40H44ClN2O3+. The molecule has 4 aromatic carbocycles. The third kappa shape index (κ3) is 7.27. The molecule has 1 N–H and O–H groups in total. The molecule has 0 saturated carbocycles. The van der Waals surface area contributed by atoms with Crippen LogP contribution in [0.3, 0.4) is 0 Å². The molecular weight excluding hydrogens is 592 g/mol. The van der Waals surface area contributed by atoms with Gasteiger partial charge in [-0.25, -0.2) is 4.48 Å². The lowest BCUT2D eigenvalue weighted by Crippen LogP contribution is -2.34. The van der Waals surface area contributed by atoms with E-state index in [-0.39, 0.29) is 12.3 Å². The minimum Gasteiger partial charge on any atom is -0.481 e. The van der Waals surface area contributed by atoms with Gasteiger partial charge in [-0.15, -0.1) is 0 Å². The highest BCUT2D eigenvalue weighted by molar-refractivity contribution is 6.31. The summed E-state index contributed by atoms with van der Waals surface area (Å²) in [6.45, 7) is 8.93. The van der Waals surface area contributed by atoms with Gasteiger partial charge in [0.15, 0.2) is 0 Å². The van der Waals surface area contributed by atoms with Gasteiger partial charge in [-0.1, -0.05) is 69.6 Å². The zero-order valence-corrected chi connectivity index (χ0v) is 28.2. The molecule has 0 fully saturated rings. The maximum absolute atomic E-state index is 14.2. The molecule has 1 heterocycles. The summed E-state index contributed by atoms with van der Waals surface area (Å²) >= 11 is 6.35. The summed E-state index contributed by atoms with van der Waals surface area (Å²) in [6, 6.07) is 31.1. The quantitative estimate of drug-likeness (QED) is 0.139. The van der Waals surface area contributed by atoms with Crippen molar-refractivity contribution in [2.45, 2.75) is 59.8 Å². The molecule has 5 aromatic rings. The lowest BCUT2D eigenvalue weighted by Gasteiger charge is -2.34. The number of fused-ring (bicyclic) bond motifs is 1. The SMILES string of the molecule is CC(C)Cc1ccc([N+](C)(c2ccc(CC(C)C)cc2)c2cccc(C(=O)n3cc(CCCC(=O)O)c4cc(Cl)ccc43)c2)cc1. The van der Waals surface area contributed by atoms with Crippen molar-refractivity contribution in [1.82, 2.24) is 9.05 Å². The molecule has 1 aromatic heterocycles. The molecule has 0 bridgehead atoms. The van der Waals surface area contributed by atoms with Crippen LogP contribution in [0.2, 0.25) is 5.02 Å². The fraction of sp³-hybridized carbons (Fsp3) is 0.300. The van der Waals surface area contributed by atoms with E-state index in [0.717, 1.165) is 46.4 Å². The van der Waals surface area contributed by atoms with Crippen molar-refractivity contribution in [1.29, 1.82) is 0 Å². The van der Waals surface area contributed by atoms with Gasteiger partial charge in [-0.3, -0.25) is 14.2 Å². The molecule has 0 aliphatic heterocycles. The largest absolute Gasteiger partial charge is 0.481 e. The van der Waals surface area contributed by atoms with Gasteiger partial charge in [-0.05, 0) is 78.5 Å². The van der Waals surface area contributed by atoms with E-state index in [1.54, 1.807) is 10.6 Å². The number of hydrogen-bond donors (Lipinski definition) is 1. The number of carboxylic acid groups (broad SMARTS) is 1.